The molecule has 0 aliphatic rings. The van der Waals surface area contributed by atoms with Crippen LogP contribution < -0.4 is 0 Å². The Morgan fingerprint density at radius 2 is 1.21 bits per heavy atom. The van der Waals surface area contributed by atoms with Crippen LogP contribution in [-0.2, 0) is 0 Å². The summed E-state index contributed by atoms with van der Waals surface area (Å²) in [6.07, 6.45) is 4.82. The van der Waals surface area contributed by atoms with Gasteiger partial charge in [0.05, 0.1) is 0 Å². The molecule has 0 spiro atoms. The molecule has 0 rings (SSSR count). The number of unbranched alkanes of at least 4 members (excludes halogenated alkanes) is 3. The van der Waals surface area contributed by atoms with E-state index in [0.717, 1.165) is 12.1 Å². The van der Waals surface area contributed by atoms with E-state index in [0.29, 0.717) is 0 Å². The third kappa shape index (κ3) is 11.1. The first kappa shape index (κ1) is 13.1. The lowest BCUT2D eigenvalue weighted by Gasteiger charge is -1.97. The Labute approximate surface area is 88.1 Å². The van der Waals surface area contributed by atoms with Crippen LogP contribution in [0.4, 0.5) is 0 Å². The third-order valence-electron chi connectivity index (χ3n) is 1.89. The first-order valence-corrected chi connectivity index (χ1v) is 8.20. The van der Waals surface area contributed by atoms with Gasteiger partial charge in [-0.3, -0.25) is 0 Å². The highest BCUT2D eigenvalue weighted by Gasteiger charge is 1.90. The van der Waals surface area contributed by atoms with E-state index in [1.54, 1.807) is 0 Å². The molecule has 0 amide bonds. The summed E-state index contributed by atoms with van der Waals surface area (Å²) in [6.45, 7) is 0. The van der Waals surface area contributed by atoms with E-state index in [2.05, 4.69) is 19.4 Å². The van der Waals surface area contributed by atoms with Gasteiger partial charge in [-0.05, 0) is 20.9 Å². The topological polar surface area (TPSA) is 97.5 Å². The van der Waals surface area contributed by atoms with Gasteiger partial charge in [-0.1, -0.05) is 37.8 Å². The molecule has 14 heavy (non-hydrogen) atoms. The molecule has 0 aromatic rings. The number of hydrogen-bond acceptors (Lipinski definition) is 2. The molecule has 0 saturated heterocycles. The molecular formula is C6H16N6Si2. The molecule has 0 aliphatic carbocycles. The summed E-state index contributed by atoms with van der Waals surface area (Å²) in [5, 5.41) is 0. The zero-order valence-corrected chi connectivity index (χ0v) is 11.2. The van der Waals surface area contributed by atoms with E-state index < -0.39 is 19.4 Å². The largest absolute Gasteiger partial charge is 0.132 e. The van der Waals surface area contributed by atoms with Crippen LogP contribution in [0.25, 0.3) is 20.9 Å². The normalized spacial score (nSPS) is 10.6. The molecule has 0 fully saturated rings. The van der Waals surface area contributed by atoms with Crippen LogP contribution >= 0.6 is 0 Å². The van der Waals surface area contributed by atoms with E-state index >= 15 is 0 Å². The van der Waals surface area contributed by atoms with Crippen molar-refractivity contribution >= 4 is 19.4 Å². The molecular weight excluding hydrogens is 212 g/mol. The summed E-state index contributed by atoms with van der Waals surface area (Å²) < 4.78 is 7.20. The summed E-state index contributed by atoms with van der Waals surface area (Å²) in [5.74, 6) is 0. The third-order valence-corrected chi connectivity index (χ3v) is 4.18. The van der Waals surface area contributed by atoms with Crippen LogP contribution in [0.5, 0.6) is 0 Å². The van der Waals surface area contributed by atoms with Gasteiger partial charge in [0.15, 0.2) is 0 Å². The van der Waals surface area contributed by atoms with Gasteiger partial charge in [0.25, 0.3) is 0 Å². The average Bonchev–Trinajstić information content (AvgIpc) is 2.21. The quantitative estimate of drug-likeness (QED) is 0.190. The van der Waals surface area contributed by atoms with E-state index in [1.807, 2.05) is 0 Å². The van der Waals surface area contributed by atoms with Crippen molar-refractivity contribution in [2.75, 3.05) is 0 Å². The van der Waals surface area contributed by atoms with Crippen molar-refractivity contribution in [1.82, 2.24) is 0 Å². The van der Waals surface area contributed by atoms with Crippen LogP contribution in [0, 0.1) is 0 Å². The monoisotopic (exact) mass is 228 g/mol. The smallest absolute Gasteiger partial charge is 0.124 e. The summed E-state index contributed by atoms with van der Waals surface area (Å²) in [4.78, 5) is 5.50. The van der Waals surface area contributed by atoms with Crippen molar-refractivity contribution in [1.29, 1.82) is 0 Å². The Morgan fingerprint density at radius 1 is 0.786 bits per heavy atom. The van der Waals surface area contributed by atoms with Crippen molar-refractivity contribution in [3.63, 3.8) is 0 Å². The molecule has 8 heteroatoms. The van der Waals surface area contributed by atoms with Crippen molar-refractivity contribution in [2.24, 2.45) is 9.56 Å². The Balaban J connectivity index is 2.98. The number of nitrogens with zero attached hydrogens (tertiary/aromatic N) is 6. The van der Waals surface area contributed by atoms with Gasteiger partial charge in [-0.25, -0.2) is 0 Å². The second-order valence-corrected chi connectivity index (χ2v) is 5.90. The lowest BCUT2D eigenvalue weighted by Crippen LogP contribution is -1.86. The number of azide groups is 2. The molecule has 0 aliphatic heterocycles. The molecule has 0 heterocycles. The van der Waals surface area contributed by atoms with Crippen LogP contribution in [0.3, 0.4) is 0 Å². The fourth-order valence-corrected chi connectivity index (χ4v) is 2.78. The highest BCUT2D eigenvalue weighted by atomic mass is 28.2. The van der Waals surface area contributed by atoms with Gasteiger partial charge < -0.3 is 0 Å². The highest BCUT2D eigenvalue weighted by Crippen LogP contribution is 2.05. The average molecular weight is 228 g/mol. The minimum Gasteiger partial charge on any atom is -0.132 e. The maximum atomic E-state index is 8.05. The van der Waals surface area contributed by atoms with Crippen molar-refractivity contribution in [3.05, 3.63) is 20.9 Å². The fourth-order valence-electron chi connectivity index (χ4n) is 1.16. The van der Waals surface area contributed by atoms with Crippen LogP contribution in [0.1, 0.15) is 25.7 Å². The van der Waals surface area contributed by atoms with Gasteiger partial charge in [-0.15, -0.1) is 9.56 Å². The second kappa shape index (κ2) is 12.1. The first-order chi connectivity index (χ1) is 6.91. The summed E-state index contributed by atoms with van der Waals surface area (Å²) in [5.41, 5.74) is 16.1. The highest BCUT2D eigenvalue weighted by molar-refractivity contribution is 6.33. The summed E-state index contributed by atoms with van der Waals surface area (Å²) in [6, 6.07) is 2.25. The fraction of sp³-hybridized carbons (Fsp3) is 1.00. The van der Waals surface area contributed by atoms with Crippen LogP contribution in [0.15, 0.2) is 9.56 Å². The molecule has 0 radical (unpaired) electrons. The molecule has 0 aromatic carbocycles. The minimum absolute atomic E-state index is 0.486. The summed E-state index contributed by atoms with van der Waals surface area (Å²) >= 11 is 0. The molecule has 0 bridgehead atoms. The Morgan fingerprint density at radius 3 is 1.57 bits per heavy atom. The van der Waals surface area contributed by atoms with E-state index in [4.69, 9.17) is 11.1 Å². The Hall–Kier alpha value is -0.946. The predicted octanol–water partition coefficient (Wildman–Crippen LogP) is 2.17. The van der Waals surface area contributed by atoms with E-state index in [-0.39, 0.29) is 0 Å². The first-order valence-electron chi connectivity index (χ1n) is 4.93. The van der Waals surface area contributed by atoms with Gasteiger partial charge in [-0.2, -0.15) is 0 Å². The molecule has 0 aromatic heterocycles. The van der Waals surface area contributed by atoms with Crippen molar-refractivity contribution < 1.29 is 0 Å². The number of hydrogen-bond donors (Lipinski definition) is 0. The van der Waals surface area contributed by atoms with Gasteiger partial charge in [0, 0.05) is 0 Å². The predicted molar refractivity (Wildman–Crippen MR) is 63.5 cm³/mol. The maximum Gasteiger partial charge on any atom is 0.124 e. The lowest BCUT2D eigenvalue weighted by atomic mass is 10.2. The van der Waals surface area contributed by atoms with Gasteiger partial charge in [0.2, 0.25) is 0 Å². The molecule has 0 N–H and O–H groups in total. The zero-order chi connectivity index (χ0) is 10.5. The van der Waals surface area contributed by atoms with Crippen molar-refractivity contribution in [2.45, 2.75) is 37.8 Å². The lowest BCUT2D eigenvalue weighted by molar-refractivity contribution is 0.698. The maximum absolute atomic E-state index is 8.05. The summed E-state index contributed by atoms with van der Waals surface area (Å²) in [7, 11) is -0.972. The number of rotatable bonds is 9. The molecule has 0 unspecified atom stereocenters. The minimum atomic E-state index is -0.486. The molecule has 78 valence electrons. The standard InChI is InChI=1S/C6H16N6Si2/c7-9-11-13-5-3-1-2-4-6-14-12-10-8/h1-6,13-14H2. The SMILES string of the molecule is [N-]=[N+]=N[SiH2]CCCCCC[SiH2]N=[N+]=[N-]. The van der Waals surface area contributed by atoms with Gasteiger partial charge in [0.1, 0.15) is 19.4 Å². The zero-order valence-electron chi connectivity index (χ0n) is 8.34. The van der Waals surface area contributed by atoms with Crippen molar-refractivity contribution in [3.8, 4) is 0 Å². The second-order valence-electron chi connectivity index (χ2n) is 3.03. The van der Waals surface area contributed by atoms with E-state index in [9.17, 15) is 0 Å². The van der Waals surface area contributed by atoms with Crippen LogP contribution in [-0.4, -0.2) is 19.4 Å². The molecule has 0 atom stereocenters. The van der Waals surface area contributed by atoms with Gasteiger partial charge >= 0.3 is 0 Å². The van der Waals surface area contributed by atoms with Crippen LogP contribution in [0.2, 0.25) is 12.1 Å². The van der Waals surface area contributed by atoms with E-state index in [1.165, 1.54) is 25.7 Å². The molecule has 6 nitrogen and oxygen atoms in total. The Bertz CT molecular complexity index is 196. The molecule has 0 saturated carbocycles. The Kier molecular flexibility index (Phi) is 11.2.